The Morgan fingerprint density at radius 2 is 2.10 bits per heavy atom. The Morgan fingerprint density at radius 3 is 2.76 bits per heavy atom. The molecule has 0 aliphatic carbocycles. The van der Waals surface area contributed by atoms with E-state index in [2.05, 4.69) is 31.2 Å². The molecule has 4 heteroatoms. The van der Waals surface area contributed by atoms with Crippen LogP contribution in [0.2, 0.25) is 0 Å². The summed E-state index contributed by atoms with van der Waals surface area (Å²) in [5.74, 6) is 0. The normalized spacial score (nSPS) is 24.4. The summed E-state index contributed by atoms with van der Waals surface area (Å²) in [4.78, 5) is 12.6. The maximum Gasteiger partial charge on any atom is 0.407 e. The molecule has 1 amide bonds. The topological polar surface area (TPSA) is 49.8 Å². The largest absolute Gasteiger partial charge is 0.465 e. The van der Waals surface area contributed by atoms with Crippen molar-refractivity contribution in [2.75, 3.05) is 13.1 Å². The zero-order valence-electron chi connectivity index (χ0n) is 12.5. The van der Waals surface area contributed by atoms with E-state index in [1.807, 2.05) is 0 Å². The van der Waals surface area contributed by atoms with Crippen LogP contribution >= 0.6 is 0 Å². The second kappa shape index (κ2) is 5.68. The van der Waals surface area contributed by atoms with Gasteiger partial charge in [0.25, 0.3) is 0 Å². The van der Waals surface area contributed by atoms with Gasteiger partial charge in [-0.2, -0.15) is 0 Å². The molecular formula is C17H23NO3. The maximum absolute atomic E-state index is 11.1. The second-order valence-electron chi connectivity index (χ2n) is 6.11. The van der Waals surface area contributed by atoms with Gasteiger partial charge in [0.1, 0.15) is 0 Å². The fraction of sp³-hybridized carbons (Fsp3) is 0.588. The fourth-order valence-corrected chi connectivity index (χ4v) is 3.67. The lowest BCUT2D eigenvalue weighted by atomic mass is 9.81. The van der Waals surface area contributed by atoms with Crippen molar-refractivity contribution in [1.82, 2.24) is 4.90 Å². The number of nitrogens with zero attached hydrogens (tertiary/aromatic N) is 1. The average molecular weight is 289 g/mol. The summed E-state index contributed by atoms with van der Waals surface area (Å²) in [6.45, 7) is 3.28. The minimum atomic E-state index is -0.821. The van der Waals surface area contributed by atoms with E-state index in [1.165, 1.54) is 16.0 Å². The van der Waals surface area contributed by atoms with E-state index in [9.17, 15) is 4.79 Å². The van der Waals surface area contributed by atoms with Crippen LogP contribution in [0.25, 0.3) is 0 Å². The highest BCUT2D eigenvalue weighted by atomic mass is 16.5. The third-order valence-electron chi connectivity index (χ3n) is 4.93. The summed E-state index contributed by atoms with van der Waals surface area (Å²) in [5.41, 5.74) is 2.36. The van der Waals surface area contributed by atoms with E-state index < -0.39 is 6.09 Å². The number of hydrogen-bond acceptors (Lipinski definition) is 2. The quantitative estimate of drug-likeness (QED) is 0.862. The van der Waals surface area contributed by atoms with E-state index in [4.69, 9.17) is 9.84 Å². The Morgan fingerprint density at radius 1 is 1.38 bits per heavy atom. The molecule has 0 saturated carbocycles. The third kappa shape index (κ3) is 2.64. The van der Waals surface area contributed by atoms with Gasteiger partial charge in [-0.05, 0) is 43.2 Å². The van der Waals surface area contributed by atoms with Gasteiger partial charge in [0, 0.05) is 13.1 Å². The molecule has 1 fully saturated rings. The molecule has 2 aliphatic heterocycles. The number of carboxylic acid groups (broad SMARTS) is 1. The number of likely N-dealkylation sites (tertiary alicyclic amines) is 1. The van der Waals surface area contributed by atoms with Gasteiger partial charge in [0.05, 0.1) is 11.7 Å². The van der Waals surface area contributed by atoms with Gasteiger partial charge >= 0.3 is 6.09 Å². The molecule has 1 spiro atoms. The Balaban J connectivity index is 1.93. The number of amides is 1. The van der Waals surface area contributed by atoms with E-state index in [0.29, 0.717) is 13.1 Å². The van der Waals surface area contributed by atoms with Gasteiger partial charge in [-0.25, -0.2) is 4.79 Å². The number of benzene rings is 1. The Bertz CT molecular complexity index is 521. The standard InChI is InChI=1S/C17H23NO3/c1-2-14-8-7-13-5-3-4-6-15(13)17(21-14)9-11-18(12-10-17)16(19)20/h3-6,14H,2,7-12H2,1H3,(H,19,20). The van der Waals surface area contributed by atoms with Gasteiger partial charge in [-0.15, -0.1) is 0 Å². The first kappa shape index (κ1) is 14.4. The highest BCUT2D eigenvalue weighted by Crippen LogP contribution is 2.42. The molecule has 1 aromatic carbocycles. The highest BCUT2D eigenvalue weighted by molar-refractivity contribution is 5.65. The second-order valence-corrected chi connectivity index (χ2v) is 6.11. The number of carbonyl (C=O) groups is 1. The lowest BCUT2D eigenvalue weighted by molar-refractivity contribution is -0.125. The first-order valence-electron chi connectivity index (χ1n) is 7.89. The third-order valence-corrected chi connectivity index (χ3v) is 4.93. The number of aryl methyl sites for hydroxylation is 1. The first-order chi connectivity index (χ1) is 10.1. The number of fused-ring (bicyclic) bond motifs is 2. The highest BCUT2D eigenvalue weighted by Gasteiger charge is 2.42. The summed E-state index contributed by atoms with van der Waals surface area (Å²) < 4.78 is 6.52. The molecule has 1 saturated heterocycles. The number of ether oxygens (including phenoxy) is 1. The molecule has 3 rings (SSSR count). The minimum absolute atomic E-state index is 0.272. The summed E-state index contributed by atoms with van der Waals surface area (Å²) in [5, 5.41) is 9.16. The van der Waals surface area contributed by atoms with Crippen LogP contribution < -0.4 is 0 Å². The fourth-order valence-electron chi connectivity index (χ4n) is 3.67. The van der Waals surface area contributed by atoms with Crippen LogP contribution in [0, 0.1) is 0 Å². The van der Waals surface area contributed by atoms with Crippen molar-refractivity contribution in [3.8, 4) is 0 Å². The average Bonchev–Trinajstić information content (AvgIpc) is 2.66. The first-order valence-corrected chi connectivity index (χ1v) is 7.89. The molecule has 2 heterocycles. The molecular weight excluding hydrogens is 266 g/mol. The van der Waals surface area contributed by atoms with Crippen LogP contribution in [-0.2, 0) is 16.8 Å². The van der Waals surface area contributed by atoms with Gasteiger partial charge < -0.3 is 14.7 Å². The van der Waals surface area contributed by atoms with Crippen LogP contribution in [0.1, 0.15) is 43.7 Å². The predicted octanol–water partition coefficient (Wildman–Crippen LogP) is 3.40. The van der Waals surface area contributed by atoms with Gasteiger partial charge in [0.2, 0.25) is 0 Å². The molecule has 4 nitrogen and oxygen atoms in total. The molecule has 114 valence electrons. The molecule has 0 radical (unpaired) electrons. The van der Waals surface area contributed by atoms with Gasteiger partial charge in [-0.3, -0.25) is 0 Å². The van der Waals surface area contributed by atoms with Crippen molar-refractivity contribution in [1.29, 1.82) is 0 Å². The van der Waals surface area contributed by atoms with E-state index in [-0.39, 0.29) is 11.7 Å². The van der Waals surface area contributed by atoms with Crippen LogP contribution in [0.4, 0.5) is 4.79 Å². The molecule has 0 aromatic heterocycles. The predicted molar refractivity (Wildman–Crippen MR) is 80.4 cm³/mol. The zero-order chi connectivity index (χ0) is 14.9. The Kier molecular flexibility index (Phi) is 3.89. The maximum atomic E-state index is 11.1. The van der Waals surface area contributed by atoms with Crippen molar-refractivity contribution in [2.45, 2.75) is 50.7 Å². The molecule has 2 aliphatic rings. The molecule has 1 atom stereocenters. The van der Waals surface area contributed by atoms with Gasteiger partial charge in [0.15, 0.2) is 0 Å². The minimum Gasteiger partial charge on any atom is -0.465 e. The molecule has 21 heavy (non-hydrogen) atoms. The number of hydrogen-bond donors (Lipinski definition) is 1. The monoisotopic (exact) mass is 289 g/mol. The van der Waals surface area contributed by atoms with Crippen molar-refractivity contribution in [3.63, 3.8) is 0 Å². The Labute approximate surface area is 125 Å². The van der Waals surface area contributed by atoms with Crippen LogP contribution in [0.5, 0.6) is 0 Å². The SMILES string of the molecule is CCC1CCc2ccccc2C2(CCN(C(=O)O)CC2)O1. The lowest BCUT2D eigenvalue weighted by Gasteiger charge is -2.42. The Hall–Kier alpha value is -1.55. The van der Waals surface area contributed by atoms with Crippen LogP contribution in [0.3, 0.4) is 0 Å². The molecule has 1 aromatic rings. The van der Waals surface area contributed by atoms with Crippen molar-refractivity contribution in [2.24, 2.45) is 0 Å². The van der Waals surface area contributed by atoms with Crippen molar-refractivity contribution < 1.29 is 14.6 Å². The summed E-state index contributed by atoms with van der Waals surface area (Å²) in [7, 11) is 0. The van der Waals surface area contributed by atoms with Crippen molar-refractivity contribution in [3.05, 3.63) is 35.4 Å². The molecule has 0 bridgehead atoms. The van der Waals surface area contributed by atoms with Crippen LogP contribution in [-0.4, -0.2) is 35.3 Å². The summed E-state index contributed by atoms with van der Waals surface area (Å²) in [6.07, 6.45) is 4.09. The van der Waals surface area contributed by atoms with Gasteiger partial charge in [-0.1, -0.05) is 31.2 Å². The molecule has 1 N–H and O–H groups in total. The number of piperidine rings is 1. The number of rotatable bonds is 1. The zero-order valence-corrected chi connectivity index (χ0v) is 12.5. The van der Waals surface area contributed by atoms with E-state index in [1.54, 1.807) is 0 Å². The lowest BCUT2D eigenvalue weighted by Crippen LogP contribution is -2.47. The molecule has 1 unspecified atom stereocenters. The summed E-state index contributed by atoms with van der Waals surface area (Å²) >= 11 is 0. The summed E-state index contributed by atoms with van der Waals surface area (Å²) in [6, 6.07) is 8.52. The van der Waals surface area contributed by atoms with E-state index >= 15 is 0 Å². The van der Waals surface area contributed by atoms with E-state index in [0.717, 1.165) is 32.1 Å². The smallest absolute Gasteiger partial charge is 0.407 e. The van der Waals surface area contributed by atoms with Crippen LogP contribution in [0.15, 0.2) is 24.3 Å². The van der Waals surface area contributed by atoms with Crippen molar-refractivity contribution >= 4 is 6.09 Å².